The average molecular weight is 335 g/mol. The predicted octanol–water partition coefficient (Wildman–Crippen LogP) is 2.96. The minimum atomic E-state index is 0.467. The lowest BCUT2D eigenvalue weighted by atomic mass is 9.99. The van der Waals surface area contributed by atoms with Gasteiger partial charge in [0.1, 0.15) is 5.75 Å². The number of tetrazole rings is 1. The molecule has 0 amide bonds. The third kappa shape index (κ3) is 3.63. The van der Waals surface area contributed by atoms with Crippen LogP contribution in [0.1, 0.15) is 12.8 Å². The molecule has 0 N–H and O–H groups in total. The van der Waals surface area contributed by atoms with Gasteiger partial charge in [-0.3, -0.25) is 0 Å². The van der Waals surface area contributed by atoms with Crippen molar-refractivity contribution in [1.82, 2.24) is 20.2 Å². The van der Waals surface area contributed by atoms with Crippen molar-refractivity contribution in [3.05, 3.63) is 60.7 Å². The smallest absolute Gasteiger partial charge is 0.250 e. The Hall–Kier alpha value is -2.89. The van der Waals surface area contributed by atoms with Gasteiger partial charge >= 0.3 is 0 Å². The fourth-order valence-corrected chi connectivity index (χ4v) is 3.23. The van der Waals surface area contributed by atoms with Gasteiger partial charge in [0.15, 0.2) is 0 Å². The molecule has 1 aromatic heterocycles. The van der Waals surface area contributed by atoms with Crippen molar-refractivity contribution in [2.45, 2.75) is 12.8 Å². The first-order chi connectivity index (χ1) is 12.4. The zero-order valence-electron chi connectivity index (χ0n) is 14.0. The van der Waals surface area contributed by atoms with E-state index >= 15 is 0 Å². The molecule has 0 aliphatic carbocycles. The van der Waals surface area contributed by atoms with Crippen LogP contribution in [0.3, 0.4) is 0 Å². The lowest BCUT2D eigenvalue weighted by molar-refractivity contribution is 0.228. The predicted molar refractivity (Wildman–Crippen MR) is 96.0 cm³/mol. The first-order valence-corrected chi connectivity index (χ1v) is 8.67. The van der Waals surface area contributed by atoms with Gasteiger partial charge in [0.25, 0.3) is 0 Å². The van der Waals surface area contributed by atoms with Gasteiger partial charge in [-0.2, -0.15) is 4.68 Å². The van der Waals surface area contributed by atoms with Gasteiger partial charge in [0, 0.05) is 19.0 Å². The standard InChI is InChI=1S/C19H21N5O/c1-3-9-17(10-4-1)24-19(20-21-22-24)23-13-7-8-16(14-23)15-25-18-11-5-2-6-12-18/h1-6,9-12,16H,7-8,13-15H2. The van der Waals surface area contributed by atoms with E-state index in [2.05, 4.69) is 20.4 Å². The maximum absolute atomic E-state index is 5.94. The summed E-state index contributed by atoms with van der Waals surface area (Å²) in [5.41, 5.74) is 0.977. The molecule has 0 radical (unpaired) electrons. The summed E-state index contributed by atoms with van der Waals surface area (Å²) in [6.45, 7) is 2.59. The van der Waals surface area contributed by atoms with Gasteiger partial charge in [-0.25, -0.2) is 0 Å². The molecule has 0 spiro atoms. The number of aromatic nitrogens is 4. The number of anilines is 1. The number of rotatable bonds is 5. The molecule has 1 unspecified atom stereocenters. The Labute approximate surface area is 147 Å². The van der Waals surface area contributed by atoms with Gasteiger partial charge in [-0.1, -0.05) is 41.5 Å². The van der Waals surface area contributed by atoms with Crippen LogP contribution in [-0.4, -0.2) is 39.9 Å². The van der Waals surface area contributed by atoms with Crippen LogP contribution in [0, 0.1) is 5.92 Å². The molecular weight excluding hydrogens is 314 g/mol. The highest BCUT2D eigenvalue weighted by atomic mass is 16.5. The summed E-state index contributed by atoms with van der Waals surface area (Å²) in [7, 11) is 0. The van der Waals surface area contributed by atoms with Crippen LogP contribution < -0.4 is 9.64 Å². The van der Waals surface area contributed by atoms with Crippen molar-refractivity contribution < 1.29 is 4.74 Å². The van der Waals surface area contributed by atoms with Crippen molar-refractivity contribution in [3.63, 3.8) is 0 Å². The Morgan fingerprint density at radius 3 is 2.56 bits per heavy atom. The quantitative estimate of drug-likeness (QED) is 0.717. The molecule has 0 bridgehead atoms. The Morgan fingerprint density at radius 1 is 1.00 bits per heavy atom. The van der Waals surface area contributed by atoms with E-state index in [1.54, 1.807) is 4.68 Å². The lowest BCUT2D eigenvalue weighted by Crippen LogP contribution is -2.39. The Morgan fingerprint density at radius 2 is 1.76 bits per heavy atom. The second-order valence-corrected chi connectivity index (χ2v) is 6.30. The van der Waals surface area contributed by atoms with Crippen LogP contribution in [0.2, 0.25) is 0 Å². The zero-order valence-corrected chi connectivity index (χ0v) is 14.0. The zero-order chi connectivity index (χ0) is 16.9. The van der Waals surface area contributed by atoms with Gasteiger partial charge in [-0.05, 0) is 47.5 Å². The first kappa shape index (κ1) is 15.6. The van der Waals surface area contributed by atoms with Crippen molar-refractivity contribution in [2.24, 2.45) is 5.92 Å². The Bertz CT molecular complexity index is 790. The molecule has 1 atom stereocenters. The second kappa shape index (κ2) is 7.34. The maximum atomic E-state index is 5.94. The number of para-hydroxylation sites is 2. The molecule has 2 heterocycles. The molecule has 2 aromatic carbocycles. The van der Waals surface area contributed by atoms with Crippen LogP contribution in [0.4, 0.5) is 5.95 Å². The third-order valence-corrected chi connectivity index (χ3v) is 4.48. The van der Waals surface area contributed by atoms with E-state index in [0.717, 1.165) is 43.3 Å². The monoisotopic (exact) mass is 335 g/mol. The summed E-state index contributed by atoms with van der Waals surface area (Å²) in [6, 6.07) is 20.0. The number of hydrogen-bond acceptors (Lipinski definition) is 5. The minimum Gasteiger partial charge on any atom is -0.493 e. The number of hydrogen-bond donors (Lipinski definition) is 0. The SMILES string of the molecule is c1ccc(OCC2CCCN(c3nnnn3-c3ccccc3)C2)cc1. The van der Waals surface area contributed by atoms with Crippen molar-refractivity contribution in [2.75, 3.05) is 24.6 Å². The fraction of sp³-hybridized carbons (Fsp3) is 0.316. The van der Waals surface area contributed by atoms with Crippen LogP contribution in [0.5, 0.6) is 5.75 Å². The van der Waals surface area contributed by atoms with Gasteiger partial charge in [-0.15, -0.1) is 0 Å². The number of nitrogens with zero attached hydrogens (tertiary/aromatic N) is 5. The van der Waals surface area contributed by atoms with Gasteiger partial charge in [0.2, 0.25) is 5.95 Å². The van der Waals surface area contributed by atoms with E-state index in [4.69, 9.17) is 4.74 Å². The average Bonchev–Trinajstić information content (AvgIpc) is 3.18. The highest BCUT2D eigenvalue weighted by molar-refractivity contribution is 5.40. The number of piperidine rings is 1. The molecule has 1 aliphatic rings. The third-order valence-electron chi connectivity index (χ3n) is 4.48. The van der Waals surface area contributed by atoms with Crippen molar-refractivity contribution >= 4 is 5.95 Å². The molecule has 1 saturated heterocycles. The molecule has 128 valence electrons. The van der Waals surface area contributed by atoms with Crippen LogP contribution >= 0.6 is 0 Å². The molecule has 4 rings (SSSR count). The first-order valence-electron chi connectivity index (χ1n) is 8.67. The van der Waals surface area contributed by atoms with E-state index in [1.165, 1.54) is 0 Å². The summed E-state index contributed by atoms with van der Waals surface area (Å²) < 4.78 is 7.75. The highest BCUT2D eigenvalue weighted by Crippen LogP contribution is 2.23. The lowest BCUT2D eigenvalue weighted by Gasteiger charge is -2.32. The molecule has 1 aliphatic heterocycles. The fourth-order valence-electron chi connectivity index (χ4n) is 3.23. The van der Waals surface area contributed by atoms with Crippen molar-refractivity contribution in [1.29, 1.82) is 0 Å². The maximum Gasteiger partial charge on any atom is 0.250 e. The van der Waals surface area contributed by atoms with Crippen LogP contribution in [-0.2, 0) is 0 Å². The number of benzene rings is 2. The molecule has 0 saturated carbocycles. The largest absolute Gasteiger partial charge is 0.493 e. The Balaban J connectivity index is 1.44. The molecule has 25 heavy (non-hydrogen) atoms. The summed E-state index contributed by atoms with van der Waals surface area (Å²) in [4.78, 5) is 2.26. The van der Waals surface area contributed by atoms with E-state index in [9.17, 15) is 0 Å². The van der Waals surface area contributed by atoms with Crippen LogP contribution in [0.25, 0.3) is 5.69 Å². The van der Waals surface area contributed by atoms with Crippen LogP contribution in [0.15, 0.2) is 60.7 Å². The topological polar surface area (TPSA) is 56.1 Å². The normalized spacial score (nSPS) is 17.4. The summed E-state index contributed by atoms with van der Waals surface area (Å²) in [6.07, 6.45) is 2.28. The van der Waals surface area contributed by atoms with Gasteiger partial charge in [0.05, 0.1) is 12.3 Å². The molecule has 6 heteroatoms. The van der Waals surface area contributed by atoms with Gasteiger partial charge < -0.3 is 9.64 Å². The molecule has 1 fully saturated rings. The Kier molecular flexibility index (Phi) is 4.59. The highest BCUT2D eigenvalue weighted by Gasteiger charge is 2.25. The summed E-state index contributed by atoms with van der Waals surface area (Å²) in [5, 5.41) is 12.3. The van der Waals surface area contributed by atoms with E-state index in [1.807, 2.05) is 60.7 Å². The molecule has 3 aromatic rings. The molecular formula is C19H21N5O. The minimum absolute atomic E-state index is 0.467. The summed E-state index contributed by atoms with van der Waals surface area (Å²) in [5.74, 6) is 2.19. The van der Waals surface area contributed by atoms with E-state index < -0.39 is 0 Å². The number of ether oxygens (including phenoxy) is 1. The van der Waals surface area contributed by atoms with E-state index in [0.29, 0.717) is 12.5 Å². The van der Waals surface area contributed by atoms with E-state index in [-0.39, 0.29) is 0 Å². The summed E-state index contributed by atoms with van der Waals surface area (Å²) >= 11 is 0. The second-order valence-electron chi connectivity index (χ2n) is 6.30. The van der Waals surface area contributed by atoms with Crippen molar-refractivity contribution in [3.8, 4) is 11.4 Å². The molecule has 6 nitrogen and oxygen atoms in total.